The largest absolute Gasteiger partial charge is 0.465 e. The minimum Gasteiger partial charge on any atom is -0.465 e. The van der Waals surface area contributed by atoms with Crippen LogP contribution in [0.4, 0.5) is 20.7 Å². The summed E-state index contributed by atoms with van der Waals surface area (Å²) in [6.45, 7) is 0.936. The van der Waals surface area contributed by atoms with Gasteiger partial charge in [-0.15, -0.1) is 0 Å². The zero-order valence-electron chi connectivity index (χ0n) is 9.77. The van der Waals surface area contributed by atoms with Crippen LogP contribution in [0.15, 0.2) is 12.3 Å². The molecule has 1 fully saturated rings. The fourth-order valence-corrected chi connectivity index (χ4v) is 2.00. The summed E-state index contributed by atoms with van der Waals surface area (Å²) in [4.78, 5) is 15.8. The summed E-state index contributed by atoms with van der Waals surface area (Å²) in [6.07, 6.45) is 1.50. The maximum Gasteiger partial charge on any atom is 0.407 e. The monoisotopic (exact) mass is 254 g/mol. The fourth-order valence-electron chi connectivity index (χ4n) is 2.00. The summed E-state index contributed by atoms with van der Waals surface area (Å²) in [7, 11) is 0. The standard InChI is InChI=1S/C11H15FN4O2/c12-7-5-9(10(13)14-6-7)15-8-1-3-16(4-2-8)11(17)18/h5-6,8,15H,1-4H2,(H2,13,14)(H,17,18). The number of anilines is 2. The van der Waals surface area contributed by atoms with Crippen LogP contribution in [0.25, 0.3) is 0 Å². The van der Waals surface area contributed by atoms with Gasteiger partial charge in [-0.25, -0.2) is 14.2 Å². The van der Waals surface area contributed by atoms with E-state index in [2.05, 4.69) is 10.3 Å². The number of nitrogens with zero attached hydrogens (tertiary/aromatic N) is 2. The molecule has 0 radical (unpaired) electrons. The van der Waals surface area contributed by atoms with Crippen molar-refractivity contribution in [2.24, 2.45) is 0 Å². The lowest BCUT2D eigenvalue weighted by molar-refractivity contribution is 0.134. The second-order valence-electron chi connectivity index (χ2n) is 4.27. The maximum atomic E-state index is 13.0. The lowest BCUT2D eigenvalue weighted by atomic mass is 10.1. The van der Waals surface area contributed by atoms with E-state index in [0.717, 1.165) is 6.20 Å². The first-order valence-corrected chi connectivity index (χ1v) is 5.71. The van der Waals surface area contributed by atoms with Crippen molar-refractivity contribution in [2.75, 3.05) is 24.1 Å². The van der Waals surface area contributed by atoms with Gasteiger partial charge in [-0.1, -0.05) is 0 Å². The van der Waals surface area contributed by atoms with Gasteiger partial charge in [-0.3, -0.25) is 0 Å². The molecule has 4 N–H and O–H groups in total. The van der Waals surface area contributed by atoms with Crippen molar-refractivity contribution in [1.29, 1.82) is 0 Å². The topological polar surface area (TPSA) is 91.5 Å². The average molecular weight is 254 g/mol. The first kappa shape index (κ1) is 12.4. The molecule has 6 nitrogen and oxygen atoms in total. The summed E-state index contributed by atoms with van der Waals surface area (Å²) in [5.74, 6) is -0.202. The Balaban J connectivity index is 1.95. The van der Waals surface area contributed by atoms with E-state index < -0.39 is 11.9 Å². The number of carboxylic acid groups (broad SMARTS) is 1. The number of rotatable bonds is 2. The molecule has 0 atom stereocenters. The van der Waals surface area contributed by atoms with Crippen LogP contribution in [0.2, 0.25) is 0 Å². The molecule has 2 heterocycles. The summed E-state index contributed by atoms with van der Waals surface area (Å²) in [6, 6.07) is 1.39. The van der Waals surface area contributed by atoms with E-state index in [4.69, 9.17) is 10.8 Å². The van der Waals surface area contributed by atoms with Gasteiger partial charge in [0.1, 0.15) is 11.6 Å². The number of aromatic nitrogens is 1. The molecular weight excluding hydrogens is 239 g/mol. The van der Waals surface area contributed by atoms with Crippen LogP contribution in [0.1, 0.15) is 12.8 Å². The zero-order valence-corrected chi connectivity index (χ0v) is 9.77. The summed E-state index contributed by atoms with van der Waals surface area (Å²) in [5, 5.41) is 11.9. The van der Waals surface area contributed by atoms with E-state index in [1.807, 2.05) is 0 Å². The predicted molar refractivity (Wildman–Crippen MR) is 64.8 cm³/mol. The lowest BCUT2D eigenvalue weighted by Crippen LogP contribution is -2.41. The van der Waals surface area contributed by atoms with Gasteiger partial charge in [0.25, 0.3) is 0 Å². The number of halogens is 1. The van der Waals surface area contributed by atoms with Crippen molar-refractivity contribution in [3.8, 4) is 0 Å². The quantitative estimate of drug-likeness (QED) is 0.741. The van der Waals surface area contributed by atoms with Crippen LogP contribution in [0, 0.1) is 5.82 Å². The van der Waals surface area contributed by atoms with Gasteiger partial charge in [0.05, 0.1) is 11.9 Å². The van der Waals surface area contributed by atoms with Crippen LogP contribution in [-0.4, -0.2) is 40.2 Å². The molecule has 1 aromatic rings. The van der Waals surface area contributed by atoms with Gasteiger partial charge in [0.2, 0.25) is 0 Å². The molecule has 18 heavy (non-hydrogen) atoms. The third-order valence-corrected chi connectivity index (χ3v) is 3.01. The third kappa shape index (κ3) is 2.79. The maximum absolute atomic E-state index is 13.0. The number of hydrogen-bond acceptors (Lipinski definition) is 4. The van der Waals surface area contributed by atoms with Gasteiger partial charge >= 0.3 is 6.09 Å². The SMILES string of the molecule is Nc1ncc(F)cc1NC1CCN(C(=O)O)CC1. The smallest absolute Gasteiger partial charge is 0.407 e. The van der Waals surface area contributed by atoms with Crippen molar-refractivity contribution < 1.29 is 14.3 Å². The van der Waals surface area contributed by atoms with Gasteiger partial charge in [-0.05, 0) is 12.8 Å². The molecule has 1 aliphatic heterocycles. The molecule has 1 aromatic heterocycles. The molecule has 1 amide bonds. The molecule has 2 rings (SSSR count). The van der Waals surface area contributed by atoms with Crippen molar-refractivity contribution >= 4 is 17.6 Å². The molecule has 0 spiro atoms. The molecule has 98 valence electrons. The number of hydrogen-bond donors (Lipinski definition) is 3. The number of nitrogens with two attached hydrogens (primary N) is 1. The van der Waals surface area contributed by atoms with Crippen molar-refractivity contribution in [2.45, 2.75) is 18.9 Å². The van der Waals surface area contributed by atoms with E-state index in [1.165, 1.54) is 11.0 Å². The van der Waals surface area contributed by atoms with Gasteiger partial charge in [-0.2, -0.15) is 0 Å². The van der Waals surface area contributed by atoms with Crippen LogP contribution < -0.4 is 11.1 Å². The van der Waals surface area contributed by atoms with Gasteiger partial charge < -0.3 is 21.1 Å². The highest BCUT2D eigenvalue weighted by Crippen LogP contribution is 2.21. The Morgan fingerprint density at radius 1 is 1.56 bits per heavy atom. The number of amides is 1. The summed E-state index contributed by atoms with van der Waals surface area (Å²) < 4.78 is 13.0. The van der Waals surface area contributed by atoms with Crippen LogP contribution in [0.5, 0.6) is 0 Å². The fraction of sp³-hybridized carbons (Fsp3) is 0.455. The number of likely N-dealkylation sites (tertiary alicyclic amines) is 1. The highest BCUT2D eigenvalue weighted by atomic mass is 19.1. The van der Waals surface area contributed by atoms with Crippen molar-refractivity contribution in [3.05, 3.63) is 18.1 Å². The molecule has 0 aromatic carbocycles. The normalized spacial score (nSPS) is 16.6. The van der Waals surface area contributed by atoms with Gasteiger partial charge in [0.15, 0.2) is 0 Å². The Labute approximate surface area is 104 Å². The van der Waals surface area contributed by atoms with E-state index in [-0.39, 0.29) is 11.9 Å². The number of nitrogen functional groups attached to an aromatic ring is 1. The lowest BCUT2D eigenvalue weighted by Gasteiger charge is -2.31. The van der Waals surface area contributed by atoms with E-state index in [0.29, 0.717) is 31.6 Å². The average Bonchev–Trinajstić information content (AvgIpc) is 2.34. The Bertz CT molecular complexity index is 447. The summed E-state index contributed by atoms with van der Waals surface area (Å²) in [5.41, 5.74) is 6.10. The molecule has 1 saturated heterocycles. The Morgan fingerprint density at radius 2 is 2.22 bits per heavy atom. The predicted octanol–water partition coefficient (Wildman–Crippen LogP) is 1.36. The minimum absolute atomic E-state index is 0.0894. The first-order chi connectivity index (χ1) is 8.56. The second-order valence-corrected chi connectivity index (χ2v) is 4.27. The van der Waals surface area contributed by atoms with Crippen molar-refractivity contribution in [1.82, 2.24) is 9.88 Å². The van der Waals surface area contributed by atoms with Crippen LogP contribution in [0.3, 0.4) is 0 Å². The third-order valence-electron chi connectivity index (χ3n) is 3.01. The van der Waals surface area contributed by atoms with E-state index in [9.17, 15) is 9.18 Å². The van der Waals surface area contributed by atoms with E-state index in [1.54, 1.807) is 0 Å². The summed E-state index contributed by atoms with van der Waals surface area (Å²) >= 11 is 0. The number of nitrogens with one attached hydrogen (secondary N) is 1. The second kappa shape index (κ2) is 5.07. The zero-order chi connectivity index (χ0) is 13.1. The van der Waals surface area contributed by atoms with Crippen molar-refractivity contribution in [3.63, 3.8) is 0 Å². The molecule has 1 aliphatic rings. The minimum atomic E-state index is -0.902. The molecule has 0 bridgehead atoms. The number of pyridine rings is 1. The molecule has 0 unspecified atom stereocenters. The molecule has 7 heteroatoms. The van der Waals surface area contributed by atoms with Crippen LogP contribution in [-0.2, 0) is 0 Å². The number of carbonyl (C=O) groups is 1. The highest BCUT2D eigenvalue weighted by Gasteiger charge is 2.22. The van der Waals surface area contributed by atoms with E-state index >= 15 is 0 Å². The van der Waals surface area contributed by atoms with Gasteiger partial charge in [0, 0.05) is 25.2 Å². The van der Waals surface area contributed by atoms with Crippen LogP contribution >= 0.6 is 0 Å². The molecular formula is C11H15FN4O2. The Hall–Kier alpha value is -2.05. The Morgan fingerprint density at radius 3 is 2.83 bits per heavy atom. The highest BCUT2D eigenvalue weighted by molar-refractivity contribution is 5.65. The first-order valence-electron chi connectivity index (χ1n) is 5.71. The molecule has 0 saturated carbocycles. The Kier molecular flexibility index (Phi) is 3.50. The molecule has 0 aliphatic carbocycles. The number of piperidine rings is 1.